The summed E-state index contributed by atoms with van der Waals surface area (Å²) in [5, 5.41) is 33.0. The molecule has 26 heteroatoms. The van der Waals surface area contributed by atoms with Crippen LogP contribution in [0.1, 0.15) is 22.3 Å². The van der Waals surface area contributed by atoms with Gasteiger partial charge in [-0.3, -0.25) is 43.2 Å². The summed E-state index contributed by atoms with van der Waals surface area (Å²) >= 11 is 0. The van der Waals surface area contributed by atoms with Gasteiger partial charge in [-0.1, -0.05) is 155 Å². The van der Waals surface area contributed by atoms with Gasteiger partial charge in [0, 0.05) is 30.8 Å². The van der Waals surface area contributed by atoms with E-state index in [4.69, 9.17) is 19.3 Å². The first-order valence-electron chi connectivity index (χ1n) is 26.1. The fourth-order valence-corrected chi connectivity index (χ4v) is 9.24. The molecule has 5 aromatic rings. The molecule has 83 heavy (non-hydrogen) atoms. The Bertz CT molecular complexity index is 2980. The average Bonchev–Trinajstić information content (AvgIpc) is 3.64. The topological polar surface area (TPSA) is 344 Å². The van der Waals surface area contributed by atoms with Crippen molar-refractivity contribution in [3.8, 4) is 0 Å². The Balaban J connectivity index is 1.05. The van der Waals surface area contributed by atoms with Crippen molar-refractivity contribution in [1.29, 1.82) is 0 Å². The number of benzene rings is 5. The van der Waals surface area contributed by atoms with Crippen LogP contribution >= 0.6 is 21.6 Å². The predicted molar refractivity (Wildman–Crippen MR) is 308 cm³/mol. The summed E-state index contributed by atoms with van der Waals surface area (Å²) in [6, 6.07) is 36.3. The maximum Gasteiger partial charge on any atom is 0.508 e. The first kappa shape index (κ1) is 64.6. The Labute approximate surface area is 485 Å². The fourth-order valence-electron chi connectivity index (χ4n) is 7.59. The SMILES string of the molecule is O=C(O)CNC(=O)CNC(=O)CNC(=O)OCCSSCCOC(=O)OCCNC(=O)CNC(=O)[C@H](Cc1ccccc1)NC(=O)[C@H](Cc1ccccc1)NC(=O)[C@H](Cc1ccccc1)NC(=O)CNC(=O)Cc1ccc2ccccc2c1. The molecule has 24 nitrogen and oxygen atoms in total. The molecule has 0 fully saturated rings. The summed E-state index contributed by atoms with van der Waals surface area (Å²) < 4.78 is 15.0. The van der Waals surface area contributed by atoms with Crippen LogP contribution in [0.4, 0.5) is 9.59 Å². The molecule has 0 saturated carbocycles. The molecule has 440 valence electrons. The van der Waals surface area contributed by atoms with Crippen molar-refractivity contribution in [3.05, 3.63) is 156 Å². The summed E-state index contributed by atoms with van der Waals surface area (Å²) in [5.74, 6) is -5.77. The summed E-state index contributed by atoms with van der Waals surface area (Å²) in [6.07, 6.45) is -1.81. The lowest BCUT2D eigenvalue weighted by molar-refractivity contribution is -0.137. The van der Waals surface area contributed by atoms with Crippen LogP contribution in [0.2, 0.25) is 0 Å². The van der Waals surface area contributed by atoms with Gasteiger partial charge >= 0.3 is 18.2 Å². The van der Waals surface area contributed by atoms with Crippen LogP contribution in [-0.4, -0.2) is 159 Å². The zero-order valence-electron chi connectivity index (χ0n) is 45.0. The molecule has 0 radical (unpaired) electrons. The maximum absolute atomic E-state index is 14.4. The van der Waals surface area contributed by atoms with Crippen LogP contribution in [0.25, 0.3) is 10.8 Å². The van der Waals surface area contributed by atoms with E-state index in [1.54, 1.807) is 91.0 Å². The van der Waals surface area contributed by atoms with Crippen molar-refractivity contribution in [2.75, 3.05) is 70.6 Å². The van der Waals surface area contributed by atoms with Gasteiger partial charge in [0.2, 0.25) is 47.3 Å². The van der Waals surface area contributed by atoms with Crippen LogP contribution in [0.5, 0.6) is 0 Å². The molecule has 3 atom stereocenters. The number of aliphatic carboxylic acids is 1. The predicted octanol–water partition coefficient (Wildman–Crippen LogP) is 1.49. The zero-order chi connectivity index (χ0) is 59.6. The van der Waals surface area contributed by atoms with Gasteiger partial charge in [-0.2, -0.15) is 0 Å². The monoisotopic (exact) mass is 1180 g/mol. The molecule has 0 unspecified atom stereocenters. The molecular weight excluding hydrogens is 1110 g/mol. The van der Waals surface area contributed by atoms with E-state index in [-0.39, 0.29) is 52.0 Å². The van der Waals surface area contributed by atoms with Gasteiger partial charge in [0.25, 0.3) is 0 Å². The minimum atomic E-state index is -1.27. The Morgan fingerprint density at radius 1 is 0.398 bits per heavy atom. The van der Waals surface area contributed by atoms with E-state index in [2.05, 4.69) is 47.9 Å². The highest BCUT2D eigenvalue weighted by Gasteiger charge is 2.31. The third kappa shape index (κ3) is 26.3. The van der Waals surface area contributed by atoms with E-state index in [0.717, 1.165) is 16.3 Å². The van der Waals surface area contributed by atoms with Crippen molar-refractivity contribution in [2.45, 2.75) is 43.8 Å². The summed E-state index contributed by atoms with van der Waals surface area (Å²) in [5.41, 5.74) is 2.82. The van der Waals surface area contributed by atoms with E-state index in [9.17, 15) is 52.7 Å². The standard InChI is InChI=1S/C57H65N9O15S2/c67-47(32-41-20-21-42-18-10-11-19-43(42)28-41)59-36-51(71)64-45(30-39-14-6-2-7-15-39)54(75)66-46(31-40-16-8-3-9-17-40)55(76)65-44(29-38-12-4-1-5-13-38)53(74)62-34-48(68)58-22-23-80-57(78)81-25-27-83-82-26-24-79-56(77)63-35-50(70)60-33-49(69)61-37-52(72)73/h1-21,28,44-46H,22-27,29-37H2,(H,58,68)(H,59,67)(H,60,70)(H,61,69)(H,62,74)(H,63,77)(H,64,71)(H,65,76)(H,66,75)(H,72,73)/t44-,45-,46-/m0/s1. The number of hydrogen-bond acceptors (Lipinski definition) is 16. The number of alkyl carbamates (subject to hydrolysis) is 1. The van der Waals surface area contributed by atoms with Gasteiger partial charge in [0.05, 0.1) is 32.6 Å². The molecule has 5 aromatic carbocycles. The van der Waals surface area contributed by atoms with Crippen molar-refractivity contribution in [2.24, 2.45) is 0 Å². The number of ether oxygens (including phenoxy) is 3. The summed E-state index contributed by atoms with van der Waals surface area (Å²) in [4.78, 5) is 139. The zero-order valence-corrected chi connectivity index (χ0v) is 46.7. The van der Waals surface area contributed by atoms with Gasteiger partial charge in [-0.05, 0) is 33.0 Å². The highest BCUT2D eigenvalue weighted by atomic mass is 33.1. The number of fused-ring (bicyclic) bond motifs is 1. The molecule has 9 amide bonds. The average molecular weight is 1180 g/mol. The summed E-state index contributed by atoms with van der Waals surface area (Å²) in [7, 11) is 2.63. The highest BCUT2D eigenvalue weighted by molar-refractivity contribution is 8.76. The van der Waals surface area contributed by atoms with Crippen LogP contribution < -0.4 is 47.9 Å². The van der Waals surface area contributed by atoms with Gasteiger partial charge in [0.15, 0.2) is 0 Å². The minimum Gasteiger partial charge on any atom is -0.480 e. The van der Waals surface area contributed by atoms with Crippen LogP contribution in [-0.2, 0) is 83.0 Å². The largest absolute Gasteiger partial charge is 0.508 e. The molecule has 0 aliphatic heterocycles. The molecule has 0 spiro atoms. The van der Waals surface area contributed by atoms with E-state index in [1.807, 2.05) is 42.5 Å². The minimum absolute atomic E-state index is 0.00126. The lowest BCUT2D eigenvalue weighted by Gasteiger charge is -2.26. The first-order valence-corrected chi connectivity index (χ1v) is 28.6. The highest BCUT2D eigenvalue weighted by Crippen LogP contribution is 2.20. The molecular formula is C57H65N9O15S2. The first-order chi connectivity index (χ1) is 40.1. The number of nitrogens with one attached hydrogen (secondary N) is 9. The molecule has 0 aliphatic rings. The van der Waals surface area contributed by atoms with E-state index in [0.29, 0.717) is 28.2 Å². The normalized spacial score (nSPS) is 11.7. The Morgan fingerprint density at radius 3 is 1.42 bits per heavy atom. The molecule has 10 N–H and O–H groups in total. The quantitative estimate of drug-likeness (QED) is 0.0158. The van der Waals surface area contributed by atoms with Crippen molar-refractivity contribution < 1.29 is 72.1 Å². The van der Waals surface area contributed by atoms with Gasteiger partial charge in [0.1, 0.15) is 51.0 Å². The van der Waals surface area contributed by atoms with E-state index in [1.165, 1.54) is 21.6 Å². The van der Waals surface area contributed by atoms with E-state index >= 15 is 0 Å². The van der Waals surface area contributed by atoms with Crippen molar-refractivity contribution in [1.82, 2.24) is 47.9 Å². The molecule has 5 rings (SSSR count). The lowest BCUT2D eigenvalue weighted by atomic mass is 10.0. The van der Waals surface area contributed by atoms with Crippen LogP contribution in [0.3, 0.4) is 0 Å². The Kier molecular flexibility index (Phi) is 28.2. The second kappa shape index (κ2) is 36.2. The summed E-state index contributed by atoms with van der Waals surface area (Å²) in [6.45, 7) is -2.90. The second-order valence-electron chi connectivity index (χ2n) is 18.0. The number of amides is 9. The van der Waals surface area contributed by atoms with Crippen molar-refractivity contribution in [3.63, 3.8) is 0 Å². The molecule has 0 aliphatic carbocycles. The van der Waals surface area contributed by atoms with Crippen LogP contribution in [0, 0.1) is 0 Å². The van der Waals surface area contributed by atoms with Crippen LogP contribution in [0.15, 0.2) is 133 Å². The molecule has 0 bridgehead atoms. The lowest BCUT2D eigenvalue weighted by Crippen LogP contribution is -2.58. The fraction of sp³-hybridized carbons (Fsp3) is 0.316. The Hall–Kier alpha value is -9.17. The van der Waals surface area contributed by atoms with E-state index < -0.39 is 116 Å². The smallest absolute Gasteiger partial charge is 0.480 e. The molecule has 0 heterocycles. The second-order valence-corrected chi connectivity index (χ2v) is 20.7. The third-order valence-corrected chi connectivity index (χ3v) is 13.9. The Morgan fingerprint density at radius 2 is 0.843 bits per heavy atom. The maximum atomic E-state index is 14.4. The van der Waals surface area contributed by atoms with Gasteiger partial charge in [-0.25, -0.2) is 9.59 Å². The number of carboxylic acids is 1. The number of hydrogen-bond donors (Lipinski definition) is 10. The van der Waals surface area contributed by atoms with Gasteiger partial charge < -0.3 is 67.2 Å². The number of rotatable bonds is 34. The van der Waals surface area contributed by atoms with Gasteiger partial charge in [-0.15, -0.1) is 0 Å². The number of carboxylic acid groups (broad SMARTS) is 1. The number of carbonyl (C=O) groups is 11. The third-order valence-electron chi connectivity index (χ3n) is 11.6. The number of carbonyl (C=O) groups excluding carboxylic acids is 10. The molecule has 0 saturated heterocycles. The molecule has 0 aromatic heterocycles. The van der Waals surface area contributed by atoms with Crippen molar-refractivity contribution >= 4 is 97.8 Å².